The van der Waals surface area contributed by atoms with E-state index < -0.39 is 0 Å². The largest absolute Gasteiger partial charge is 0.480 e. The van der Waals surface area contributed by atoms with Crippen LogP contribution in [-0.2, 0) is 0 Å². The fourth-order valence-electron chi connectivity index (χ4n) is 2.24. The molecule has 0 radical (unpaired) electrons. The molecule has 1 aliphatic heterocycles. The van der Waals surface area contributed by atoms with Crippen LogP contribution >= 0.6 is 0 Å². The molecule has 1 aromatic heterocycles. The van der Waals surface area contributed by atoms with Gasteiger partial charge in [0.25, 0.3) is 0 Å². The molecule has 0 spiro atoms. The number of likely N-dealkylation sites (tertiary alicyclic amines) is 1. The molecule has 4 nitrogen and oxygen atoms in total. The lowest BCUT2D eigenvalue weighted by Gasteiger charge is -2.31. The average molecular weight is 221 g/mol. The Morgan fingerprint density at radius 3 is 2.94 bits per heavy atom. The Kier molecular flexibility index (Phi) is 3.72. The number of likely N-dealkylation sites (N-methyl/N-ethyl adjacent to an activating group) is 1. The van der Waals surface area contributed by atoms with Crippen LogP contribution in [0.15, 0.2) is 12.1 Å². The molecule has 0 saturated carbocycles. The molecule has 1 aliphatic rings. The molecule has 0 bridgehead atoms. The van der Waals surface area contributed by atoms with Gasteiger partial charge in [-0.15, -0.1) is 5.10 Å². The third-order valence-electron chi connectivity index (χ3n) is 3.24. The minimum absolute atomic E-state index is 0.534. The summed E-state index contributed by atoms with van der Waals surface area (Å²) < 4.78 is 5.01. The lowest BCUT2D eigenvalue weighted by molar-refractivity contribution is 0.215. The van der Waals surface area contributed by atoms with E-state index in [0.29, 0.717) is 11.8 Å². The predicted molar refractivity (Wildman–Crippen MR) is 62.7 cm³/mol. The maximum atomic E-state index is 5.01. The molecule has 4 heteroatoms. The van der Waals surface area contributed by atoms with Crippen molar-refractivity contribution in [2.45, 2.75) is 25.7 Å². The third-order valence-corrected chi connectivity index (χ3v) is 3.24. The molecule has 1 aromatic rings. The number of hydrogen-bond acceptors (Lipinski definition) is 4. The zero-order valence-electron chi connectivity index (χ0n) is 10.0. The number of ether oxygens (including phenoxy) is 1. The Hall–Kier alpha value is -1.16. The fourth-order valence-corrected chi connectivity index (χ4v) is 2.24. The second kappa shape index (κ2) is 5.25. The summed E-state index contributed by atoms with van der Waals surface area (Å²) in [6, 6.07) is 3.93. The maximum absolute atomic E-state index is 5.01. The second-order valence-corrected chi connectivity index (χ2v) is 4.23. The summed E-state index contributed by atoms with van der Waals surface area (Å²) in [5.41, 5.74) is 1.10. The van der Waals surface area contributed by atoms with Gasteiger partial charge < -0.3 is 9.64 Å². The molecule has 1 atom stereocenters. The molecular weight excluding hydrogens is 202 g/mol. The smallest absolute Gasteiger partial charge is 0.233 e. The van der Waals surface area contributed by atoms with Crippen molar-refractivity contribution in [2.75, 3.05) is 26.7 Å². The van der Waals surface area contributed by atoms with Gasteiger partial charge in [0.1, 0.15) is 0 Å². The van der Waals surface area contributed by atoms with Gasteiger partial charge in [0.05, 0.1) is 12.8 Å². The molecular formula is C12H19N3O. The number of methoxy groups -OCH3 is 1. The van der Waals surface area contributed by atoms with Crippen LogP contribution in [0.1, 0.15) is 31.4 Å². The minimum atomic E-state index is 0.534. The van der Waals surface area contributed by atoms with Crippen molar-refractivity contribution in [1.29, 1.82) is 0 Å². The summed E-state index contributed by atoms with van der Waals surface area (Å²) in [6.45, 7) is 5.66. The van der Waals surface area contributed by atoms with Crippen molar-refractivity contribution in [2.24, 2.45) is 0 Å². The summed E-state index contributed by atoms with van der Waals surface area (Å²) in [5, 5.41) is 8.27. The number of aromatic nitrogens is 2. The molecule has 0 amide bonds. The number of hydrogen-bond donors (Lipinski definition) is 0. The van der Waals surface area contributed by atoms with Crippen LogP contribution in [-0.4, -0.2) is 41.8 Å². The van der Waals surface area contributed by atoms with E-state index >= 15 is 0 Å². The Morgan fingerprint density at radius 2 is 2.31 bits per heavy atom. The van der Waals surface area contributed by atoms with Crippen molar-refractivity contribution in [3.05, 3.63) is 17.8 Å². The van der Waals surface area contributed by atoms with Gasteiger partial charge in [0, 0.05) is 18.5 Å². The molecule has 1 fully saturated rings. The van der Waals surface area contributed by atoms with Crippen LogP contribution in [0.4, 0.5) is 0 Å². The Labute approximate surface area is 96.6 Å². The topological polar surface area (TPSA) is 38.2 Å². The molecule has 0 aliphatic carbocycles. The zero-order chi connectivity index (χ0) is 11.4. The highest BCUT2D eigenvalue weighted by Gasteiger charge is 2.21. The number of rotatable bonds is 3. The highest BCUT2D eigenvalue weighted by molar-refractivity contribution is 5.15. The van der Waals surface area contributed by atoms with Gasteiger partial charge in [0.15, 0.2) is 0 Å². The zero-order valence-corrected chi connectivity index (χ0v) is 10.0. The molecule has 2 rings (SSSR count). The van der Waals surface area contributed by atoms with E-state index in [1.807, 2.05) is 12.1 Å². The van der Waals surface area contributed by atoms with Crippen molar-refractivity contribution < 1.29 is 4.74 Å². The van der Waals surface area contributed by atoms with Crippen LogP contribution in [0.3, 0.4) is 0 Å². The van der Waals surface area contributed by atoms with Crippen LogP contribution < -0.4 is 4.74 Å². The second-order valence-electron chi connectivity index (χ2n) is 4.23. The van der Waals surface area contributed by atoms with E-state index in [1.54, 1.807) is 7.11 Å². The van der Waals surface area contributed by atoms with Gasteiger partial charge in [-0.25, -0.2) is 0 Å². The monoisotopic (exact) mass is 221 g/mol. The molecule has 1 saturated heterocycles. The maximum Gasteiger partial charge on any atom is 0.233 e. The predicted octanol–water partition coefficient (Wildman–Crippen LogP) is 1.68. The van der Waals surface area contributed by atoms with E-state index in [9.17, 15) is 0 Å². The SMILES string of the molecule is CCN1CCCC(c2ccc(OC)nn2)C1. The first-order valence-corrected chi connectivity index (χ1v) is 5.93. The highest BCUT2D eigenvalue weighted by Crippen LogP contribution is 2.25. The molecule has 0 N–H and O–H groups in total. The highest BCUT2D eigenvalue weighted by atomic mass is 16.5. The number of piperidine rings is 1. The lowest BCUT2D eigenvalue weighted by Crippen LogP contribution is -2.34. The summed E-state index contributed by atoms with van der Waals surface area (Å²) in [6.07, 6.45) is 2.48. The Morgan fingerprint density at radius 1 is 1.44 bits per heavy atom. The normalized spacial score (nSPS) is 22.0. The van der Waals surface area contributed by atoms with Crippen LogP contribution in [0.5, 0.6) is 5.88 Å². The molecule has 0 aromatic carbocycles. The Balaban J connectivity index is 2.05. The van der Waals surface area contributed by atoms with Crippen LogP contribution in [0.2, 0.25) is 0 Å². The first-order valence-electron chi connectivity index (χ1n) is 5.93. The molecule has 88 valence electrons. The van der Waals surface area contributed by atoms with E-state index in [1.165, 1.54) is 19.4 Å². The van der Waals surface area contributed by atoms with E-state index in [4.69, 9.17) is 4.74 Å². The first kappa shape index (κ1) is 11.3. The fraction of sp³-hybridized carbons (Fsp3) is 0.667. The van der Waals surface area contributed by atoms with Crippen LogP contribution in [0, 0.1) is 0 Å². The van der Waals surface area contributed by atoms with E-state index in [-0.39, 0.29) is 0 Å². The molecule has 16 heavy (non-hydrogen) atoms. The molecule has 1 unspecified atom stereocenters. The van der Waals surface area contributed by atoms with Crippen molar-refractivity contribution >= 4 is 0 Å². The number of nitrogens with zero attached hydrogens (tertiary/aromatic N) is 3. The standard InChI is InChI=1S/C12H19N3O/c1-3-15-8-4-5-10(9-15)11-6-7-12(16-2)14-13-11/h6-7,10H,3-5,8-9H2,1-2H3. The summed E-state index contributed by atoms with van der Waals surface area (Å²) in [4.78, 5) is 2.47. The van der Waals surface area contributed by atoms with Gasteiger partial charge in [-0.05, 0) is 32.0 Å². The minimum Gasteiger partial charge on any atom is -0.480 e. The summed E-state index contributed by atoms with van der Waals surface area (Å²) >= 11 is 0. The average Bonchev–Trinajstić information content (AvgIpc) is 2.39. The quantitative estimate of drug-likeness (QED) is 0.778. The van der Waals surface area contributed by atoms with Crippen molar-refractivity contribution in [1.82, 2.24) is 15.1 Å². The summed E-state index contributed by atoms with van der Waals surface area (Å²) in [7, 11) is 1.61. The van der Waals surface area contributed by atoms with Crippen molar-refractivity contribution in [3.63, 3.8) is 0 Å². The van der Waals surface area contributed by atoms with Gasteiger partial charge in [-0.2, -0.15) is 5.10 Å². The van der Waals surface area contributed by atoms with Gasteiger partial charge in [-0.1, -0.05) is 6.92 Å². The van der Waals surface area contributed by atoms with Gasteiger partial charge in [0.2, 0.25) is 5.88 Å². The van der Waals surface area contributed by atoms with E-state index in [0.717, 1.165) is 18.8 Å². The summed E-state index contributed by atoms with van der Waals surface area (Å²) in [5.74, 6) is 1.12. The van der Waals surface area contributed by atoms with Crippen LogP contribution in [0.25, 0.3) is 0 Å². The molecule has 2 heterocycles. The van der Waals surface area contributed by atoms with E-state index in [2.05, 4.69) is 22.0 Å². The van der Waals surface area contributed by atoms with Gasteiger partial charge in [-0.3, -0.25) is 0 Å². The lowest BCUT2D eigenvalue weighted by atomic mass is 9.94. The van der Waals surface area contributed by atoms with Crippen molar-refractivity contribution in [3.8, 4) is 5.88 Å². The first-order chi connectivity index (χ1) is 7.83. The third kappa shape index (κ3) is 2.50. The van der Waals surface area contributed by atoms with Gasteiger partial charge >= 0.3 is 0 Å². The Bertz CT molecular complexity index is 326.